The van der Waals surface area contributed by atoms with Crippen LogP contribution in [0, 0.1) is 5.82 Å². The van der Waals surface area contributed by atoms with E-state index in [0.29, 0.717) is 10.6 Å². The molecule has 0 heterocycles. The number of benzene rings is 1. The molecule has 1 radical (unpaired) electrons. The van der Waals surface area contributed by atoms with Crippen molar-refractivity contribution in [1.29, 1.82) is 0 Å². The summed E-state index contributed by atoms with van der Waals surface area (Å²) in [5, 5.41) is 0.301. The van der Waals surface area contributed by atoms with E-state index in [-0.39, 0.29) is 6.42 Å². The normalized spacial score (nSPS) is 9.64. The molecule has 0 aliphatic heterocycles. The van der Waals surface area contributed by atoms with Gasteiger partial charge < -0.3 is 0 Å². The predicted octanol–water partition coefficient (Wildman–Crippen LogP) is 2.13. The zero-order valence-electron chi connectivity index (χ0n) is 5.60. The molecule has 0 saturated carbocycles. The number of rotatable bonds is 2. The number of carbonyl (C=O) groups excluding carboxylic acids is 1. The summed E-state index contributed by atoms with van der Waals surface area (Å²) in [7, 11) is 0. The average molecular weight is 172 g/mol. The van der Waals surface area contributed by atoms with Crippen LogP contribution in [0.5, 0.6) is 0 Å². The van der Waals surface area contributed by atoms with Crippen molar-refractivity contribution in [1.82, 2.24) is 0 Å². The van der Waals surface area contributed by atoms with E-state index in [0.717, 1.165) is 0 Å². The van der Waals surface area contributed by atoms with E-state index in [1.165, 1.54) is 18.2 Å². The molecule has 0 aromatic heterocycles. The Kier molecular flexibility index (Phi) is 2.60. The smallest absolute Gasteiger partial charge is 0.203 e. The van der Waals surface area contributed by atoms with Crippen molar-refractivity contribution in [2.24, 2.45) is 0 Å². The van der Waals surface area contributed by atoms with Gasteiger partial charge in [0.1, 0.15) is 5.82 Å². The third kappa shape index (κ3) is 2.31. The second-order valence-corrected chi connectivity index (χ2v) is 2.54. The Morgan fingerprint density at radius 2 is 2.18 bits per heavy atom. The molecule has 0 amide bonds. The first-order chi connectivity index (χ1) is 5.22. The molecule has 0 atom stereocenters. The second-order valence-electron chi connectivity index (χ2n) is 2.10. The van der Waals surface area contributed by atoms with Gasteiger partial charge in [-0.05, 0) is 23.8 Å². The average Bonchev–Trinajstić information content (AvgIpc) is 1.85. The fourth-order valence-corrected chi connectivity index (χ4v) is 1.04. The van der Waals surface area contributed by atoms with Crippen LogP contribution in [0.25, 0.3) is 0 Å². The lowest BCUT2D eigenvalue weighted by molar-refractivity contribution is 0.555. The summed E-state index contributed by atoms with van der Waals surface area (Å²) >= 11 is 5.52. The van der Waals surface area contributed by atoms with Crippen molar-refractivity contribution in [3.63, 3.8) is 0 Å². The number of halogens is 2. The maximum atomic E-state index is 12.5. The molecule has 57 valence electrons. The molecule has 0 bridgehead atoms. The van der Waals surface area contributed by atoms with E-state index >= 15 is 0 Å². The Bertz CT molecular complexity index is 253. The maximum Gasteiger partial charge on any atom is 0.203 e. The van der Waals surface area contributed by atoms with Crippen LogP contribution in [0.3, 0.4) is 0 Å². The van der Waals surface area contributed by atoms with Crippen molar-refractivity contribution in [2.45, 2.75) is 6.42 Å². The van der Waals surface area contributed by atoms with E-state index in [1.54, 1.807) is 6.29 Å². The molecule has 0 unspecified atom stereocenters. The van der Waals surface area contributed by atoms with Crippen LogP contribution in [0.4, 0.5) is 4.39 Å². The first kappa shape index (κ1) is 8.21. The first-order valence-corrected chi connectivity index (χ1v) is 3.40. The van der Waals surface area contributed by atoms with Gasteiger partial charge in [0.2, 0.25) is 6.29 Å². The van der Waals surface area contributed by atoms with Gasteiger partial charge in [0.25, 0.3) is 0 Å². The van der Waals surface area contributed by atoms with Gasteiger partial charge in [-0.1, -0.05) is 11.6 Å². The lowest BCUT2D eigenvalue weighted by Crippen LogP contribution is -1.86. The molecule has 1 nitrogen and oxygen atoms in total. The molecule has 3 heteroatoms. The highest BCUT2D eigenvalue weighted by atomic mass is 35.5. The van der Waals surface area contributed by atoms with Crippen molar-refractivity contribution in [2.75, 3.05) is 0 Å². The van der Waals surface area contributed by atoms with Crippen LogP contribution >= 0.6 is 11.6 Å². The van der Waals surface area contributed by atoms with Crippen LogP contribution in [0.1, 0.15) is 5.56 Å². The summed E-state index contributed by atoms with van der Waals surface area (Å²) in [6, 6.07) is 3.99. The fourth-order valence-electron chi connectivity index (χ4n) is 0.796. The number of hydrogen-bond acceptors (Lipinski definition) is 1. The van der Waals surface area contributed by atoms with Crippen LogP contribution in [0.15, 0.2) is 18.2 Å². The molecule has 0 aliphatic rings. The van der Waals surface area contributed by atoms with Gasteiger partial charge in [0, 0.05) is 11.4 Å². The van der Waals surface area contributed by atoms with E-state index in [1.807, 2.05) is 0 Å². The molecule has 0 fully saturated rings. The van der Waals surface area contributed by atoms with Crippen molar-refractivity contribution in [3.05, 3.63) is 34.6 Å². The SMILES string of the molecule is O=[C]Cc1cc(F)cc(Cl)c1. The highest BCUT2D eigenvalue weighted by Crippen LogP contribution is 2.13. The maximum absolute atomic E-state index is 12.5. The molecule has 0 spiro atoms. The summed E-state index contributed by atoms with van der Waals surface area (Å²) in [6.07, 6.45) is 1.74. The minimum Gasteiger partial charge on any atom is -0.291 e. The van der Waals surface area contributed by atoms with Gasteiger partial charge in [-0.25, -0.2) is 4.39 Å². The van der Waals surface area contributed by atoms with E-state index in [2.05, 4.69) is 0 Å². The predicted molar refractivity (Wildman–Crippen MR) is 40.8 cm³/mol. The highest BCUT2D eigenvalue weighted by molar-refractivity contribution is 6.30. The number of hydrogen-bond donors (Lipinski definition) is 0. The second kappa shape index (κ2) is 3.49. The van der Waals surface area contributed by atoms with Gasteiger partial charge in [-0.3, -0.25) is 4.79 Å². The summed E-state index contributed by atoms with van der Waals surface area (Å²) in [4.78, 5) is 9.91. The van der Waals surface area contributed by atoms with Crippen LogP contribution in [0.2, 0.25) is 5.02 Å². The first-order valence-electron chi connectivity index (χ1n) is 3.02. The van der Waals surface area contributed by atoms with Gasteiger partial charge >= 0.3 is 0 Å². The molecule has 0 N–H and O–H groups in total. The Morgan fingerprint density at radius 3 is 2.73 bits per heavy atom. The topological polar surface area (TPSA) is 17.1 Å². The Hall–Kier alpha value is -0.890. The Balaban J connectivity index is 2.98. The lowest BCUT2D eigenvalue weighted by atomic mass is 10.2. The van der Waals surface area contributed by atoms with Gasteiger partial charge in [0.05, 0.1) is 0 Å². The fraction of sp³-hybridized carbons (Fsp3) is 0.125. The molecule has 1 rings (SSSR count). The van der Waals surface area contributed by atoms with Crippen molar-refractivity contribution in [3.8, 4) is 0 Å². The van der Waals surface area contributed by atoms with Crippen LogP contribution in [-0.2, 0) is 11.2 Å². The largest absolute Gasteiger partial charge is 0.291 e. The quantitative estimate of drug-likeness (QED) is 0.666. The molecule has 1 aromatic carbocycles. The van der Waals surface area contributed by atoms with E-state index in [4.69, 9.17) is 11.6 Å². The highest BCUT2D eigenvalue weighted by Gasteiger charge is 1.97. The molecular weight excluding hydrogens is 167 g/mol. The summed E-state index contributed by atoms with van der Waals surface area (Å²) in [5.74, 6) is -0.428. The monoisotopic (exact) mass is 171 g/mol. The van der Waals surface area contributed by atoms with Gasteiger partial charge in [-0.15, -0.1) is 0 Å². The van der Waals surface area contributed by atoms with E-state index in [9.17, 15) is 9.18 Å². The van der Waals surface area contributed by atoms with E-state index < -0.39 is 5.82 Å². The lowest BCUT2D eigenvalue weighted by Gasteiger charge is -1.95. The minimum atomic E-state index is -0.428. The summed E-state index contributed by atoms with van der Waals surface area (Å²) in [6.45, 7) is 0. The van der Waals surface area contributed by atoms with Crippen molar-refractivity contribution >= 4 is 17.9 Å². The van der Waals surface area contributed by atoms with Crippen LogP contribution in [-0.4, -0.2) is 6.29 Å². The van der Waals surface area contributed by atoms with Gasteiger partial charge in [0.15, 0.2) is 0 Å². The molecular formula is C8H5ClFO. The summed E-state index contributed by atoms with van der Waals surface area (Å²) in [5.41, 5.74) is 0.546. The zero-order valence-corrected chi connectivity index (χ0v) is 6.36. The standard InChI is InChI=1S/C8H5ClFO/c9-7-3-6(1-2-11)4-8(10)5-7/h3-5H,1H2. The molecule has 0 saturated heterocycles. The minimum absolute atomic E-state index is 0.0808. The Labute approximate surface area is 68.8 Å². The molecule has 1 aromatic rings. The van der Waals surface area contributed by atoms with Crippen molar-refractivity contribution < 1.29 is 9.18 Å². The zero-order chi connectivity index (χ0) is 8.27. The van der Waals surface area contributed by atoms with Crippen LogP contribution < -0.4 is 0 Å². The third-order valence-electron chi connectivity index (χ3n) is 1.20. The molecule has 11 heavy (non-hydrogen) atoms. The molecule has 0 aliphatic carbocycles. The summed E-state index contributed by atoms with van der Waals surface area (Å²) < 4.78 is 12.5. The Morgan fingerprint density at radius 1 is 1.45 bits per heavy atom. The van der Waals surface area contributed by atoms with Gasteiger partial charge in [-0.2, -0.15) is 0 Å². The third-order valence-corrected chi connectivity index (χ3v) is 1.42.